The van der Waals surface area contributed by atoms with Gasteiger partial charge >= 0.3 is 0 Å². The summed E-state index contributed by atoms with van der Waals surface area (Å²) >= 11 is 0. The normalized spacial score (nSPS) is 7.71. The van der Waals surface area contributed by atoms with E-state index in [1.165, 1.54) is 19.3 Å². The second-order valence-corrected chi connectivity index (χ2v) is 1.55. The Morgan fingerprint density at radius 2 is 2.00 bits per heavy atom. The van der Waals surface area contributed by atoms with Gasteiger partial charge in [-0.3, -0.25) is 0 Å². The maximum absolute atomic E-state index is 2.21. The van der Waals surface area contributed by atoms with Gasteiger partial charge in [-0.15, -0.1) is 0 Å². The second-order valence-electron chi connectivity index (χ2n) is 1.55. The Kier molecular flexibility index (Phi) is 15.0. The summed E-state index contributed by atoms with van der Waals surface area (Å²) in [7, 11) is 0. The number of unbranched alkanes of at least 4 members (excludes halogenated alkanes) is 3. The molecule has 0 rings (SSSR count). The zero-order valence-electron chi connectivity index (χ0n) is 5.11. The molecule has 44 valence electrons. The summed E-state index contributed by atoms with van der Waals surface area (Å²) in [4.78, 5) is 0. The van der Waals surface area contributed by atoms with Gasteiger partial charge in [-0.25, -0.2) is 0 Å². The minimum Gasteiger partial charge on any atom is -0.332 e. The summed E-state index contributed by atoms with van der Waals surface area (Å²) in [6, 6.07) is 0. The molecule has 0 fully saturated rings. The summed E-state index contributed by atoms with van der Waals surface area (Å²) in [6.07, 6.45) is 6.18. The average Bonchev–Trinajstić information content (AvgIpc) is 1.61. The van der Waals surface area contributed by atoms with Crippen LogP contribution in [-0.2, 0) is 21.1 Å². The third-order valence-electron chi connectivity index (χ3n) is 0.846. The molecular formula is C6H13W-. The molecule has 0 aromatic rings. The van der Waals surface area contributed by atoms with E-state index in [1.54, 1.807) is 0 Å². The summed E-state index contributed by atoms with van der Waals surface area (Å²) < 4.78 is 0. The predicted molar refractivity (Wildman–Crippen MR) is 29.5 cm³/mol. The van der Waals surface area contributed by atoms with Gasteiger partial charge < -0.3 is 6.42 Å². The molecule has 0 unspecified atom stereocenters. The van der Waals surface area contributed by atoms with E-state index in [1.807, 2.05) is 0 Å². The molecule has 7 heavy (non-hydrogen) atoms. The van der Waals surface area contributed by atoms with Crippen molar-refractivity contribution in [2.45, 2.75) is 33.1 Å². The number of rotatable bonds is 3. The van der Waals surface area contributed by atoms with E-state index in [4.69, 9.17) is 0 Å². The summed E-state index contributed by atoms with van der Waals surface area (Å²) in [5.41, 5.74) is 0. The van der Waals surface area contributed by atoms with Crippen LogP contribution in [0.4, 0.5) is 0 Å². The Balaban J connectivity index is 0. The van der Waals surface area contributed by atoms with Crippen LogP contribution in [0.3, 0.4) is 0 Å². The molecule has 0 atom stereocenters. The van der Waals surface area contributed by atoms with Gasteiger partial charge in [0.1, 0.15) is 0 Å². The number of hydrogen-bond acceptors (Lipinski definition) is 0. The smallest absolute Gasteiger partial charge is 0 e. The first-order valence-electron chi connectivity index (χ1n) is 2.69. The molecule has 0 bridgehead atoms. The van der Waals surface area contributed by atoms with Crippen LogP contribution < -0.4 is 0 Å². The van der Waals surface area contributed by atoms with Gasteiger partial charge in [-0.05, 0) is 0 Å². The van der Waals surface area contributed by atoms with Crippen molar-refractivity contribution in [2.75, 3.05) is 0 Å². The molecule has 0 amide bonds. The van der Waals surface area contributed by atoms with E-state index >= 15 is 0 Å². The van der Waals surface area contributed by atoms with Crippen molar-refractivity contribution in [1.29, 1.82) is 0 Å². The first kappa shape index (κ1) is 10.6. The fourth-order valence-corrected chi connectivity index (χ4v) is 0.408. The molecule has 0 radical (unpaired) electrons. The van der Waals surface area contributed by atoms with Crippen molar-refractivity contribution in [1.82, 2.24) is 0 Å². The van der Waals surface area contributed by atoms with Crippen molar-refractivity contribution in [3.63, 3.8) is 0 Å². The van der Waals surface area contributed by atoms with Crippen molar-refractivity contribution < 1.29 is 21.1 Å². The van der Waals surface area contributed by atoms with Crippen LogP contribution in [0.25, 0.3) is 0 Å². The Morgan fingerprint density at radius 3 is 2.14 bits per heavy atom. The zero-order chi connectivity index (χ0) is 4.83. The predicted octanol–water partition coefficient (Wildman–Crippen LogP) is 2.40. The standard InChI is InChI=1S/C6H13.W/c1-3-5-6-4-2;/h3H,4-6H2,1-2H3;/q-1;. The van der Waals surface area contributed by atoms with Crippen molar-refractivity contribution in [3.05, 3.63) is 6.42 Å². The Labute approximate surface area is 61.0 Å². The average molecular weight is 269 g/mol. The molecule has 0 saturated carbocycles. The van der Waals surface area contributed by atoms with Crippen molar-refractivity contribution in [2.24, 2.45) is 0 Å². The maximum atomic E-state index is 2.21. The van der Waals surface area contributed by atoms with Crippen LogP contribution >= 0.6 is 0 Å². The Morgan fingerprint density at radius 1 is 1.43 bits per heavy atom. The third kappa shape index (κ3) is 10.8. The van der Waals surface area contributed by atoms with Gasteiger partial charge in [0.25, 0.3) is 0 Å². The van der Waals surface area contributed by atoms with Crippen LogP contribution in [0.2, 0.25) is 0 Å². The number of hydrogen-bond donors (Lipinski definition) is 0. The van der Waals surface area contributed by atoms with E-state index in [9.17, 15) is 0 Å². The molecular weight excluding hydrogens is 256 g/mol. The molecule has 0 aliphatic heterocycles. The summed E-state index contributed by atoms with van der Waals surface area (Å²) in [5.74, 6) is 0. The molecule has 0 heterocycles. The molecule has 0 aliphatic carbocycles. The molecule has 0 aromatic heterocycles. The Hall–Kier alpha value is 0.688. The quantitative estimate of drug-likeness (QED) is 0.545. The summed E-state index contributed by atoms with van der Waals surface area (Å²) in [5, 5.41) is 0. The van der Waals surface area contributed by atoms with Gasteiger partial charge in [-0.2, -0.15) is 13.3 Å². The first-order valence-corrected chi connectivity index (χ1v) is 2.69. The minimum atomic E-state index is 0. The first-order chi connectivity index (χ1) is 2.91. The van der Waals surface area contributed by atoms with Gasteiger partial charge in [0, 0.05) is 21.1 Å². The maximum Gasteiger partial charge on any atom is 0 e. The van der Waals surface area contributed by atoms with Crippen molar-refractivity contribution >= 4 is 0 Å². The largest absolute Gasteiger partial charge is 0.332 e. The molecule has 0 aromatic carbocycles. The van der Waals surface area contributed by atoms with Crippen LogP contribution in [-0.4, -0.2) is 0 Å². The molecule has 0 aliphatic rings. The second kappa shape index (κ2) is 9.85. The van der Waals surface area contributed by atoms with Gasteiger partial charge in [0.15, 0.2) is 0 Å². The molecule has 0 saturated heterocycles. The van der Waals surface area contributed by atoms with Gasteiger partial charge in [0.05, 0.1) is 0 Å². The monoisotopic (exact) mass is 269 g/mol. The van der Waals surface area contributed by atoms with E-state index in [0.29, 0.717) is 0 Å². The molecule has 1 heteroatoms. The van der Waals surface area contributed by atoms with E-state index in [-0.39, 0.29) is 21.1 Å². The van der Waals surface area contributed by atoms with E-state index in [0.717, 1.165) is 0 Å². The van der Waals surface area contributed by atoms with Crippen LogP contribution in [0.1, 0.15) is 33.1 Å². The molecule has 0 spiro atoms. The molecule has 0 N–H and O–H groups in total. The fraction of sp³-hybridized carbons (Fsp3) is 0.833. The minimum absolute atomic E-state index is 0. The van der Waals surface area contributed by atoms with Crippen molar-refractivity contribution in [3.8, 4) is 0 Å². The summed E-state index contributed by atoms with van der Waals surface area (Å²) in [6.45, 7) is 4.32. The fourth-order valence-electron chi connectivity index (χ4n) is 0.408. The van der Waals surface area contributed by atoms with E-state index in [2.05, 4.69) is 20.3 Å². The van der Waals surface area contributed by atoms with Crippen LogP contribution in [0.15, 0.2) is 0 Å². The SMILES string of the molecule is C[CH-]CCCC.[W]. The third-order valence-corrected chi connectivity index (χ3v) is 0.846. The zero-order valence-corrected chi connectivity index (χ0v) is 8.04. The topological polar surface area (TPSA) is 0 Å². The van der Waals surface area contributed by atoms with Crippen LogP contribution in [0, 0.1) is 6.42 Å². The molecule has 0 nitrogen and oxygen atoms in total. The van der Waals surface area contributed by atoms with Crippen LogP contribution in [0.5, 0.6) is 0 Å². The van der Waals surface area contributed by atoms with Gasteiger partial charge in [-0.1, -0.05) is 19.8 Å². The van der Waals surface area contributed by atoms with Gasteiger partial charge in [0.2, 0.25) is 0 Å². The Bertz CT molecular complexity index is 16.1. The van der Waals surface area contributed by atoms with E-state index < -0.39 is 0 Å².